The molecule has 0 saturated heterocycles. The third-order valence-electron chi connectivity index (χ3n) is 2.63. The van der Waals surface area contributed by atoms with Crippen LogP contribution in [0.2, 0.25) is 0 Å². The maximum absolute atomic E-state index is 4.36. The lowest BCUT2D eigenvalue weighted by atomic mass is 10.0. The molecule has 0 aliphatic rings. The zero-order valence-corrected chi connectivity index (χ0v) is 9.99. The fourth-order valence-electron chi connectivity index (χ4n) is 1.94. The van der Waals surface area contributed by atoms with E-state index in [-0.39, 0.29) is 0 Å². The smallest absolute Gasteiger partial charge is 0.0671 e. The third-order valence-corrected chi connectivity index (χ3v) is 2.63. The number of benzene rings is 1. The molecular weight excluding hydrogens is 198 g/mol. The quantitative estimate of drug-likeness (QED) is 0.850. The van der Waals surface area contributed by atoms with Gasteiger partial charge < -0.3 is 5.32 Å². The molecule has 0 fully saturated rings. The second-order valence-electron chi connectivity index (χ2n) is 4.03. The summed E-state index contributed by atoms with van der Waals surface area (Å²) in [5, 5.41) is 7.53. The van der Waals surface area contributed by atoms with Gasteiger partial charge in [-0.05, 0) is 31.2 Å². The van der Waals surface area contributed by atoms with E-state index in [2.05, 4.69) is 40.9 Å². The minimum atomic E-state index is 0.896. The lowest BCUT2D eigenvalue weighted by Crippen LogP contribution is -2.04. The van der Waals surface area contributed by atoms with Gasteiger partial charge in [-0.15, -0.1) is 0 Å². The highest BCUT2D eigenvalue weighted by Crippen LogP contribution is 2.22. The van der Waals surface area contributed by atoms with E-state index in [1.165, 1.54) is 16.7 Å². The van der Waals surface area contributed by atoms with Crippen LogP contribution in [0.25, 0.3) is 11.1 Å². The van der Waals surface area contributed by atoms with Gasteiger partial charge in [-0.25, -0.2) is 0 Å². The lowest BCUT2D eigenvalue weighted by molar-refractivity contribution is 0.756. The SMILES string of the molecule is CNCc1cccc(-c2cn(C)nc2C)c1. The fraction of sp³-hybridized carbons (Fsp3) is 0.308. The standard InChI is InChI=1S/C13H17N3/c1-10-13(9-16(3)15-10)12-6-4-5-11(7-12)8-14-2/h4-7,9,14H,8H2,1-3H3. The van der Waals surface area contributed by atoms with E-state index >= 15 is 0 Å². The fourth-order valence-corrected chi connectivity index (χ4v) is 1.94. The first-order valence-electron chi connectivity index (χ1n) is 5.45. The molecule has 1 N–H and O–H groups in total. The zero-order chi connectivity index (χ0) is 11.5. The summed E-state index contributed by atoms with van der Waals surface area (Å²) in [5.74, 6) is 0. The summed E-state index contributed by atoms with van der Waals surface area (Å²) < 4.78 is 1.86. The Morgan fingerprint density at radius 2 is 2.19 bits per heavy atom. The highest BCUT2D eigenvalue weighted by molar-refractivity contribution is 5.65. The second-order valence-corrected chi connectivity index (χ2v) is 4.03. The highest BCUT2D eigenvalue weighted by atomic mass is 15.2. The van der Waals surface area contributed by atoms with Gasteiger partial charge >= 0.3 is 0 Å². The molecule has 1 heterocycles. The predicted octanol–water partition coefficient (Wildman–Crippen LogP) is 2.11. The van der Waals surface area contributed by atoms with Crippen molar-refractivity contribution < 1.29 is 0 Å². The molecule has 1 aromatic heterocycles. The van der Waals surface area contributed by atoms with Crippen molar-refractivity contribution >= 4 is 0 Å². The molecule has 84 valence electrons. The van der Waals surface area contributed by atoms with E-state index in [0.29, 0.717) is 0 Å². The number of nitrogens with one attached hydrogen (secondary N) is 1. The van der Waals surface area contributed by atoms with Crippen molar-refractivity contribution in [3.63, 3.8) is 0 Å². The molecule has 0 unspecified atom stereocenters. The second kappa shape index (κ2) is 4.49. The van der Waals surface area contributed by atoms with Crippen LogP contribution in [0, 0.1) is 6.92 Å². The van der Waals surface area contributed by atoms with Crippen molar-refractivity contribution in [3.05, 3.63) is 41.7 Å². The topological polar surface area (TPSA) is 29.9 Å². The molecule has 0 amide bonds. The van der Waals surface area contributed by atoms with Crippen LogP contribution >= 0.6 is 0 Å². The molecule has 1 aromatic carbocycles. The first kappa shape index (κ1) is 10.9. The molecule has 16 heavy (non-hydrogen) atoms. The normalized spacial score (nSPS) is 10.7. The molecule has 0 radical (unpaired) electrons. The molecule has 0 spiro atoms. The van der Waals surface area contributed by atoms with E-state index in [1.54, 1.807) is 0 Å². The highest BCUT2D eigenvalue weighted by Gasteiger charge is 2.05. The van der Waals surface area contributed by atoms with E-state index in [1.807, 2.05) is 25.7 Å². The summed E-state index contributed by atoms with van der Waals surface area (Å²) in [6, 6.07) is 8.56. The maximum atomic E-state index is 4.36. The molecule has 2 rings (SSSR count). The number of rotatable bonds is 3. The van der Waals surface area contributed by atoms with Crippen molar-refractivity contribution in [3.8, 4) is 11.1 Å². The lowest BCUT2D eigenvalue weighted by Gasteiger charge is -2.03. The molecule has 3 nitrogen and oxygen atoms in total. The van der Waals surface area contributed by atoms with Crippen LogP contribution in [0.1, 0.15) is 11.3 Å². The number of nitrogens with zero attached hydrogens (tertiary/aromatic N) is 2. The van der Waals surface area contributed by atoms with Crippen molar-refractivity contribution in [2.45, 2.75) is 13.5 Å². The molecule has 3 heteroatoms. The Hall–Kier alpha value is -1.61. The average Bonchev–Trinajstić information content (AvgIpc) is 2.59. The predicted molar refractivity (Wildman–Crippen MR) is 66.1 cm³/mol. The van der Waals surface area contributed by atoms with Crippen LogP contribution in [0.4, 0.5) is 0 Å². The Labute approximate surface area is 96.1 Å². The van der Waals surface area contributed by atoms with Crippen molar-refractivity contribution in [1.82, 2.24) is 15.1 Å². The van der Waals surface area contributed by atoms with Gasteiger partial charge in [0.2, 0.25) is 0 Å². The van der Waals surface area contributed by atoms with Crippen LogP contribution in [0.3, 0.4) is 0 Å². The first-order chi connectivity index (χ1) is 7.70. The molecule has 0 atom stereocenters. The summed E-state index contributed by atoms with van der Waals surface area (Å²) in [7, 11) is 3.91. The van der Waals surface area contributed by atoms with Gasteiger partial charge in [0.25, 0.3) is 0 Å². The number of hydrogen-bond donors (Lipinski definition) is 1. The van der Waals surface area contributed by atoms with Crippen LogP contribution in [-0.4, -0.2) is 16.8 Å². The molecular formula is C13H17N3. The molecule has 2 aromatic rings. The number of aryl methyl sites for hydroxylation is 2. The molecule has 0 saturated carbocycles. The average molecular weight is 215 g/mol. The van der Waals surface area contributed by atoms with Crippen LogP contribution in [-0.2, 0) is 13.6 Å². The molecule has 0 aliphatic carbocycles. The Balaban J connectivity index is 2.40. The van der Waals surface area contributed by atoms with Gasteiger partial charge in [0.05, 0.1) is 5.69 Å². The van der Waals surface area contributed by atoms with Gasteiger partial charge in [0.1, 0.15) is 0 Å². The summed E-state index contributed by atoms with van der Waals surface area (Å²) in [5.41, 5.74) is 4.81. The Kier molecular flexibility index (Phi) is 3.06. The van der Waals surface area contributed by atoms with Gasteiger partial charge in [0.15, 0.2) is 0 Å². The van der Waals surface area contributed by atoms with Gasteiger partial charge in [-0.3, -0.25) is 4.68 Å². The summed E-state index contributed by atoms with van der Waals surface area (Å²) >= 11 is 0. The van der Waals surface area contributed by atoms with Gasteiger partial charge in [-0.1, -0.05) is 18.2 Å². The third kappa shape index (κ3) is 2.14. The van der Waals surface area contributed by atoms with Crippen molar-refractivity contribution in [2.24, 2.45) is 7.05 Å². The monoisotopic (exact) mass is 215 g/mol. The minimum absolute atomic E-state index is 0.896. The Bertz CT molecular complexity index is 486. The van der Waals surface area contributed by atoms with E-state index in [0.717, 1.165) is 12.2 Å². The Morgan fingerprint density at radius 3 is 2.81 bits per heavy atom. The molecule has 0 bridgehead atoms. The van der Waals surface area contributed by atoms with E-state index < -0.39 is 0 Å². The largest absolute Gasteiger partial charge is 0.316 e. The maximum Gasteiger partial charge on any atom is 0.0671 e. The van der Waals surface area contributed by atoms with Gasteiger partial charge in [0, 0.05) is 25.4 Å². The summed E-state index contributed by atoms with van der Waals surface area (Å²) in [6.07, 6.45) is 2.06. The zero-order valence-electron chi connectivity index (χ0n) is 9.99. The summed E-state index contributed by atoms with van der Waals surface area (Å²) in [4.78, 5) is 0. The number of aromatic nitrogens is 2. The summed E-state index contributed by atoms with van der Waals surface area (Å²) in [6.45, 7) is 2.94. The Morgan fingerprint density at radius 1 is 1.38 bits per heavy atom. The van der Waals surface area contributed by atoms with E-state index in [9.17, 15) is 0 Å². The van der Waals surface area contributed by atoms with Gasteiger partial charge in [-0.2, -0.15) is 5.10 Å². The van der Waals surface area contributed by atoms with Crippen LogP contribution in [0.5, 0.6) is 0 Å². The van der Waals surface area contributed by atoms with Crippen molar-refractivity contribution in [2.75, 3.05) is 7.05 Å². The van der Waals surface area contributed by atoms with Crippen LogP contribution in [0.15, 0.2) is 30.5 Å². The van der Waals surface area contributed by atoms with E-state index in [4.69, 9.17) is 0 Å². The molecule has 0 aliphatic heterocycles. The van der Waals surface area contributed by atoms with Crippen molar-refractivity contribution in [1.29, 1.82) is 0 Å². The van der Waals surface area contributed by atoms with Crippen LogP contribution < -0.4 is 5.32 Å². The number of hydrogen-bond acceptors (Lipinski definition) is 2. The first-order valence-corrected chi connectivity index (χ1v) is 5.45. The minimum Gasteiger partial charge on any atom is -0.316 e.